The number of rotatable bonds is 9. The number of hydrogen-bond donors (Lipinski definition) is 2. The van der Waals surface area contributed by atoms with Crippen LogP contribution in [0.25, 0.3) is 0 Å². The first kappa shape index (κ1) is 22.2. The van der Waals surface area contributed by atoms with Gasteiger partial charge in [0.1, 0.15) is 0 Å². The van der Waals surface area contributed by atoms with Crippen LogP contribution < -0.4 is 15.4 Å². The number of nitrogens with zero attached hydrogens (tertiary/aromatic N) is 2. The molecule has 0 aliphatic carbocycles. The fourth-order valence-corrected chi connectivity index (χ4v) is 3.02. The number of hydrogen-bond acceptors (Lipinski definition) is 3. The van der Waals surface area contributed by atoms with Crippen LogP contribution in [0, 0.1) is 5.82 Å². The van der Waals surface area contributed by atoms with Gasteiger partial charge in [0.2, 0.25) is 0 Å². The lowest BCUT2D eigenvalue weighted by molar-refractivity contribution is 0.173. The van der Waals surface area contributed by atoms with Gasteiger partial charge in [-0.05, 0) is 58.7 Å². The molecule has 0 saturated carbocycles. The predicted molar refractivity (Wildman–Crippen MR) is 107 cm³/mol. The Morgan fingerprint density at radius 1 is 1.19 bits per heavy atom. The van der Waals surface area contributed by atoms with Crippen LogP contribution in [-0.4, -0.2) is 50.2 Å². The van der Waals surface area contributed by atoms with E-state index >= 15 is 0 Å². The first-order valence-corrected chi connectivity index (χ1v) is 9.36. The summed E-state index contributed by atoms with van der Waals surface area (Å²) in [6.07, 6.45) is 1.03. The van der Waals surface area contributed by atoms with Crippen LogP contribution in [0.2, 0.25) is 0 Å². The minimum absolute atomic E-state index is 0.0653. The number of methoxy groups -OCH3 is 1. The Morgan fingerprint density at radius 2 is 1.85 bits per heavy atom. The Labute approximate surface area is 158 Å². The Bertz CT molecular complexity index is 567. The van der Waals surface area contributed by atoms with E-state index in [1.54, 1.807) is 13.1 Å². The van der Waals surface area contributed by atoms with E-state index in [1.165, 1.54) is 13.2 Å². The maximum atomic E-state index is 13.9. The van der Waals surface area contributed by atoms with E-state index in [9.17, 15) is 4.39 Å². The fourth-order valence-electron chi connectivity index (χ4n) is 3.02. The molecule has 0 saturated heterocycles. The Balaban J connectivity index is 2.51. The summed E-state index contributed by atoms with van der Waals surface area (Å²) in [5.41, 5.74) is 0.844. The van der Waals surface area contributed by atoms with Gasteiger partial charge in [0.15, 0.2) is 17.5 Å². The molecule has 1 rings (SSSR count). The highest BCUT2D eigenvalue weighted by molar-refractivity contribution is 5.80. The number of aliphatic imine (C=N–C) groups is 1. The molecule has 2 N–H and O–H groups in total. The molecule has 6 heteroatoms. The first-order valence-electron chi connectivity index (χ1n) is 9.36. The van der Waals surface area contributed by atoms with Crippen molar-refractivity contribution in [2.45, 2.75) is 59.2 Å². The van der Waals surface area contributed by atoms with Crippen molar-refractivity contribution in [3.8, 4) is 5.75 Å². The standard InChI is InChI=1S/C20H35FN4O/c1-14(2)25(15(3)4)12-8-11-23-20(22-6)24-16(5)17-9-10-19(26-7)18(21)13-17/h9-10,13-16H,8,11-12H2,1-7H3,(H2,22,23,24). The summed E-state index contributed by atoms with van der Waals surface area (Å²) in [4.78, 5) is 6.73. The molecule has 0 heterocycles. The van der Waals surface area contributed by atoms with Crippen molar-refractivity contribution >= 4 is 5.96 Å². The van der Waals surface area contributed by atoms with Gasteiger partial charge in [-0.25, -0.2) is 4.39 Å². The fraction of sp³-hybridized carbons (Fsp3) is 0.650. The average Bonchev–Trinajstić information content (AvgIpc) is 2.59. The van der Waals surface area contributed by atoms with Crippen molar-refractivity contribution in [3.63, 3.8) is 0 Å². The third-order valence-electron chi connectivity index (χ3n) is 4.46. The number of ether oxygens (including phenoxy) is 1. The second-order valence-corrected chi connectivity index (χ2v) is 7.04. The van der Waals surface area contributed by atoms with E-state index in [-0.39, 0.29) is 17.6 Å². The quantitative estimate of drug-likeness (QED) is 0.398. The zero-order valence-electron chi connectivity index (χ0n) is 17.3. The number of halogens is 1. The molecular formula is C20H35FN4O. The zero-order chi connectivity index (χ0) is 19.7. The van der Waals surface area contributed by atoms with E-state index in [0.717, 1.165) is 31.0 Å². The van der Waals surface area contributed by atoms with E-state index in [0.29, 0.717) is 12.1 Å². The van der Waals surface area contributed by atoms with Crippen molar-refractivity contribution in [2.75, 3.05) is 27.2 Å². The number of benzene rings is 1. The van der Waals surface area contributed by atoms with Gasteiger partial charge in [0, 0.05) is 32.2 Å². The van der Waals surface area contributed by atoms with Crippen molar-refractivity contribution in [2.24, 2.45) is 4.99 Å². The van der Waals surface area contributed by atoms with Crippen molar-refractivity contribution in [3.05, 3.63) is 29.6 Å². The van der Waals surface area contributed by atoms with Crippen LogP contribution in [0.4, 0.5) is 4.39 Å². The summed E-state index contributed by atoms with van der Waals surface area (Å²) in [6, 6.07) is 6.01. The summed E-state index contributed by atoms with van der Waals surface area (Å²) in [5, 5.41) is 6.63. The molecule has 0 fully saturated rings. The smallest absolute Gasteiger partial charge is 0.191 e. The summed E-state index contributed by atoms with van der Waals surface area (Å²) in [7, 11) is 3.20. The molecule has 148 valence electrons. The highest BCUT2D eigenvalue weighted by Gasteiger charge is 2.13. The Hall–Kier alpha value is -1.82. The molecular weight excluding hydrogens is 331 g/mol. The van der Waals surface area contributed by atoms with Crippen molar-refractivity contribution in [1.29, 1.82) is 0 Å². The molecule has 0 radical (unpaired) electrons. The lowest BCUT2D eigenvalue weighted by atomic mass is 10.1. The number of guanidine groups is 1. The molecule has 0 aliphatic heterocycles. The van der Waals surface area contributed by atoms with Gasteiger partial charge in [-0.15, -0.1) is 0 Å². The zero-order valence-corrected chi connectivity index (χ0v) is 17.3. The van der Waals surface area contributed by atoms with Gasteiger partial charge in [0.25, 0.3) is 0 Å². The second-order valence-electron chi connectivity index (χ2n) is 7.04. The highest BCUT2D eigenvalue weighted by Crippen LogP contribution is 2.21. The van der Waals surface area contributed by atoms with Crippen LogP contribution >= 0.6 is 0 Å². The second kappa shape index (κ2) is 11.0. The minimum Gasteiger partial charge on any atom is -0.494 e. The topological polar surface area (TPSA) is 48.9 Å². The first-order chi connectivity index (χ1) is 12.3. The van der Waals surface area contributed by atoms with Crippen molar-refractivity contribution in [1.82, 2.24) is 15.5 Å². The molecule has 1 aromatic carbocycles. The molecule has 1 aromatic rings. The molecule has 0 spiro atoms. The maximum absolute atomic E-state index is 13.9. The van der Waals surface area contributed by atoms with E-state index in [1.807, 2.05) is 13.0 Å². The van der Waals surface area contributed by atoms with Gasteiger partial charge in [-0.1, -0.05) is 6.07 Å². The monoisotopic (exact) mass is 366 g/mol. The minimum atomic E-state index is -0.357. The summed E-state index contributed by atoms with van der Waals surface area (Å²) < 4.78 is 18.8. The highest BCUT2D eigenvalue weighted by atomic mass is 19.1. The van der Waals surface area contributed by atoms with Gasteiger partial charge in [-0.3, -0.25) is 9.89 Å². The van der Waals surface area contributed by atoms with Crippen LogP contribution in [0.1, 0.15) is 52.6 Å². The summed E-state index contributed by atoms with van der Waals surface area (Å²) in [5.74, 6) is 0.613. The van der Waals surface area contributed by atoms with Crippen LogP contribution in [0.5, 0.6) is 5.75 Å². The van der Waals surface area contributed by atoms with E-state index in [2.05, 4.69) is 48.2 Å². The third-order valence-corrected chi connectivity index (χ3v) is 4.46. The lowest BCUT2D eigenvalue weighted by Gasteiger charge is -2.30. The maximum Gasteiger partial charge on any atom is 0.191 e. The summed E-state index contributed by atoms with van der Waals surface area (Å²) in [6.45, 7) is 12.8. The number of nitrogens with one attached hydrogen (secondary N) is 2. The molecule has 5 nitrogen and oxygen atoms in total. The Kier molecular flexibility index (Phi) is 9.41. The predicted octanol–water partition coefficient (Wildman–Crippen LogP) is 3.57. The third kappa shape index (κ3) is 6.83. The van der Waals surface area contributed by atoms with Gasteiger partial charge < -0.3 is 15.4 Å². The van der Waals surface area contributed by atoms with Gasteiger partial charge in [-0.2, -0.15) is 0 Å². The van der Waals surface area contributed by atoms with Gasteiger partial charge >= 0.3 is 0 Å². The van der Waals surface area contributed by atoms with Crippen LogP contribution in [0.15, 0.2) is 23.2 Å². The molecule has 26 heavy (non-hydrogen) atoms. The van der Waals surface area contributed by atoms with E-state index < -0.39 is 0 Å². The van der Waals surface area contributed by atoms with Gasteiger partial charge in [0.05, 0.1) is 13.2 Å². The average molecular weight is 367 g/mol. The SMILES string of the molecule is CN=C(NCCCN(C(C)C)C(C)C)NC(C)c1ccc(OC)c(F)c1. The normalized spacial score (nSPS) is 13.4. The summed E-state index contributed by atoms with van der Waals surface area (Å²) >= 11 is 0. The molecule has 0 amide bonds. The molecule has 1 atom stereocenters. The Morgan fingerprint density at radius 3 is 2.35 bits per heavy atom. The molecule has 1 unspecified atom stereocenters. The van der Waals surface area contributed by atoms with E-state index in [4.69, 9.17) is 4.74 Å². The molecule has 0 aromatic heterocycles. The molecule has 0 aliphatic rings. The molecule has 0 bridgehead atoms. The van der Waals surface area contributed by atoms with Crippen LogP contribution in [-0.2, 0) is 0 Å². The van der Waals surface area contributed by atoms with Crippen molar-refractivity contribution < 1.29 is 9.13 Å². The largest absolute Gasteiger partial charge is 0.494 e. The lowest BCUT2D eigenvalue weighted by Crippen LogP contribution is -2.42. The van der Waals surface area contributed by atoms with Crippen LogP contribution in [0.3, 0.4) is 0 Å².